The van der Waals surface area contributed by atoms with E-state index >= 15 is 0 Å². The molecule has 1 unspecified atom stereocenters. The molecule has 2 aliphatic carbocycles. The fraction of sp³-hybridized carbons (Fsp3) is 0.500. The van der Waals surface area contributed by atoms with Crippen molar-refractivity contribution >= 4 is 11.4 Å². The molecule has 0 fully saturated rings. The molecule has 0 aliphatic heterocycles. The summed E-state index contributed by atoms with van der Waals surface area (Å²) in [5.74, 6) is 0.891. The van der Waals surface area contributed by atoms with Crippen LogP contribution in [0, 0.1) is 11.3 Å². The quantitative estimate of drug-likeness (QED) is 0.714. The summed E-state index contributed by atoms with van der Waals surface area (Å²) in [6.07, 6.45) is 4.76. The molecule has 0 N–H and O–H groups in total. The molecule has 3 rings (SSSR count). The molecule has 1 heteroatoms. The molecular weight excluding hydrogens is 232 g/mol. The van der Waals surface area contributed by atoms with E-state index in [1.54, 1.807) is 0 Å². The molecule has 1 aromatic rings. The van der Waals surface area contributed by atoms with Crippen LogP contribution in [0.4, 0.5) is 0 Å². The molecule has 0 bridgehead atoms. The second kappa shape index (κ2) is 5.32. The number of fused-ring (bicyclic) bond motifs is 3. The Kier molecular flexibility index (Phi) is 3.93. The van der Waals surface area contributed by atoms with E-state index in [-0.39, 0.29) is 5.41 Å². The Labute approximate surface area is 116 Å². The highest BCUT2D eigenvalue weighted by Crippen LogP contribution is 2.55. The summed E-state index contributed by atoms with van der Waals surface area (Å²) in [5.41, 5.74) is 4.26. The molecule has 1 atom stereocenters. The number of ketones is 1. The maximum atomic E-state index is 11.7. The molecule has 0 radical (unpaired) electrons. The van der Waals surface area contributed by atoms with Gasteiger partial charge in [0, 0.05) is 11.8 Å². The van der Waals surface area contributed by atoms with Gasteiger partial charge in [-0.1, -0.05) is 52.0 Å². The van der Waals surface area contributed by atoms with Crippen molar-refractivity contribution in [2.24, 2.45) is 11.3 Å². The predicted molar refractivity (Wildman–Crippen MR) is 81.0 cm³/mol. The molecule has 1 aromatic carbocycles. The monoisotopic (exact) mass is 256 g/mol. The normalized spacial score (nSPS) is 24.3. The summed E-state index contributed by atoms with van der Waals surface area (Å²) >= 11 is 0. The van der Waals surface area contributed by atoms with Gasteiger partial charge in [-0.2, -0.15) is 0 Å². The zero-order valence-corrected chi connectivity index (χ0v) is 12.5. The summed E-state index contributed by atoms with van der Waals surface area (Å²) in [7, 11) is 0. The van der Waals surface area contributed by atoms with Crippen LogP contribution in [0.25, 0.3) is 5.57 Å². The van der Waals surface area contributed by atoms with Crippen LogP contribution in [-0.4, -0.2) is 5.78 Å². The first kappa shape index (κ1) is 14.0. The number of hydrogen-bond acceptors (Lipinski definition) is 1. The molecule has 102 valence electrons. The lowest BCUT2D eigenvalue weighted by Crippen LogP contribution is -2.31. The topological polar surface area (TPSA) is 17.1 Å². The first-order valence-corrected chi connectivity index (χ1v) is 7.47. The number of rotatable bonds is 1. The van der Waals surface area contributed by atoms with E-state index in [1.807, 2.05) is 19.9 Å². The molecule has 0 saturated heterocycles. The number of benzene rings is 1. The van der Waals surface area contributed by atoms with Gasteiger partial charge in [0.25, 0.3) is 0 Å². The maximum Gasteiger partial charge on any atom is 0.156 e. The van der Waals surface area contributed by atoms with Gasteiger partial charge in [-0.3, -0.25) is 4.79 Å². The molecule has 19 heavy (non-hydrogen) atoms. The van der Waals surface area contributed by atoms with Crippen molar-refractivity contribution in [1.82, 2.24) is 0 Å². The second-order valence-electron chi connectivity index (χ2n) is 5.67. The van der Waals surface area contributed by atoms with Gasteiger partial charge in [0.1, 0.15) is 0 Å². The number of allylic oxidation sites excluding steroid dienone is 2. The van der Waals surface area contributed by atoms with Crippen LogP contribution in [0.5, 0.6) is 0 Å². The third kappa shape index (κ3) is 2.16. The summed E-state index contributed by atoms with van der Waals surface area (Å²) in [4.78, 5) is 11.7. The third-order valence-corrected chi connectivity index (χ3v) is 4.58. The van der Waals surface area contributed by atoms with E-state index in [1.165, 1.54) is 16.7 Å². The summed E-state index contributed by atoms with van der Waals surface area (Å²) in [6.45, 7) is 8.57. The summed E-state index contributed by atoms with van der Waals surface area (Å²) in [6, 6.07) is 8.56. The minimum absolute atomic E-state index is 0.220. The summed E-state index contributed by atoms with van der Waals surface area (Å²) in [5, 5.41) is 0. The average molecular weight is 256 g/mol. The van der Waals surface area contributed by atoms with Gasteiger partial charge >= 0.3 is 0 Å². The SMILES string of the molecule is CC.CC(C)C12CCC(=O)C=C1c1ccccc1C2. The maximum absolute atomic E-state index is 11.7. The molecule has 2 aliphatic rings. The lowest BCUT2D eigenvalue weighted by molar-refractivity contribution is -0.115. The van der Waals surface area contributed by atoms with E-state index in [2.05, 4.69) is 38.1 Å². The van der Waals surface area contributed by atoms with E-state index in [0.29, 0.717) is 11.7 Å². The van der Waals surface area contributed by atoms with Crippen molar-refractivity contribution in [2.45, 2.75) is 47.0 Å². The fourth-order valence-electron chi connectivity index (χ4n) is 3.47. The van der Waals surface area contributed by atoms with Gasteiger partial charge in [-0.15, -0.1) is 0 Å². The highest BCUT2D eigenvalue weighted by Gasteiger charge is 2.45. The lowest BCUT2D eigenvalue weighted by Gasteiger charge is -2.37. The Morgan fingerprint density at radius 1 is 1.16 bits per heavy atom. The molecule has 0 amide bonds. The van der Waals surface area contributed by atoms with Crippen molar-refractivity contribution in [3.05, 3.63) is 41.5 Å². The lowest BCUT2D eigenvalue weighted by atomic mass is 9.66. The van der Waals surface area contributed by atoms with E-state index < -0.39 is 0 Å². The number of hydrogen-bond donors (Lipinski definition) is 0. The van der Waals surface area contributed by atoms with Crippen molar-refractivity contribution in [3.63, 3.8) is 0 Å². The average Bonchev–Trinajstić information content (AvgIpc) is 2.76. The van der Waals surface area contributed by atoms with E-state index in [4.69, 9.17) is 0 Å². The van der Waals surface area contributed by atoms with Gasteiger partial charge in [-0.05, 0) is 41.5 Å². The Balaban J connectivity index is 0.000000637. The van der Waals surface area contributed by atoms with Gasteiger partial charge in [0.2, 0.25) is 0 Å². The van der Waals surface area contributed by atoms with Crippen LogP contribution in [-0.2, 0) is 11.2 Å². The highest BCUT2D eigenvalue weighted by molar-refractivity contribution is 6.01. The summed E-state index contributed by atoms with van der Waals surface area (Å²) < 4.78 is 0. The fourth-order valence-corrected chi connectivity index (χ4v) is 3.47. The van der Waals surface area contributed by atoms with E-state index in [0.717, 1.165) is 19.3 Å². The third-order valence-electron chi connectivity index (χ3n) is 4.58. The Morgan fingerprint density at radius 2 is 1.84 bits per heavy atom. The van der Waals surface area contributed by atoms with Crippen LogP contribution in [0.3, 0.4) is 0 Å². The van der Waals surface area contributed by atoms with Crippen molar-refractivity contribution in [2.75, 3.05) is 0 Å². The zero-order chi connectivity index (χ0) is 14.0. The Hall–Kier alpha value is -1.37. The zero-order valence-electron chi connectivity index (χ0n) is 12.5. The molecule has 0 aromatic heterocycles. The minimum atomic E-state index is 0.220. The number of carbonyl (C=O) groups is 1. The van der Waals surface area contributed by atoms with Crippen molar-refractivity contribution < 1.29 is 4.79 Å². The van der Waals surface area contributed by atoms with Crippen molar-refractivity contribution in [1.29, 1.82) is 0 Å². The molecule has 1 nitrogen and oxygen atoms in total. The van der Waals surface area contributed by atoms with Crippen molar-refractivity contribution in [3.8, 4) is 0 Å². The molecule has 0 heterocycles. The minimum Gasteiger partial charge on any atom is -0.295 e. The molecular formula is C18H24O. The van der Waals surface area contributed by atoms with Gasteiger partial charge < -0.3 is 0 Å². The first-order valence-electron chi connectivity index (χ1n) is 7.47. The Morgan fingerprint density at radius 3 is 2.53 bits per heavy atom. The molecule has 0 saturated carbocycles. The Bertz CT molecular complexity index is 510. The van der Waals surface area contributed by atoms with Crippen LogP contribution in [0.1, 0.15) is 51.7 Å². The van der Waals surface area contributed by atoms with Crippen LogP contribution >= 0.6 is 0 Å². The van der Waals surface area contributed by atoms with Crippen LogP contribution in [0.2, 0.25) is 0 Å². The number of carbonyl (C=O) groups excluding carboxylic acids is 1. The highest BCUT2D eigenvalue weighted by atomic mass is 16.1. The van der Waals surface area contributed by atoms with E-state index in [9.17, 15) is 4.79 Å². The first-order chi connectivity index (χ1) is 9.13. The standard InChI is InChI=1S/C16H18O.C2H6/c1-11(2)16-8-7-13(17)9-15(16)14-6-4-3-5-12(14)10-16;1-2/h3-6,9,11H,7-8,10H2,1-2H3;1-2H3. The van der Waals surface area contributed by atoms with Gasteiger partial charge in [0.15, 0.2) is 5.78 Å². The second-order valence-corrected chi connectivity index (χ2v) is 5.67. The smallest absolute Gasteiger partial charge is 0.156 e. The van der Waals surface area contributed by atoms with Gasteiger partial charge in [-0.25, -0.2) is 0 Å². The van der Waals surface area contributed by atoms with Crippen LogP contribution in [0.15, 0.2) is 30.3 Å². The largest absolute Gasteiger partial charge is 0.295 e. The van der Waals surface area contributed by atoms with Crippen LogP contribution < -0.4 is 0 Å². The van der Waals surface area contributed by atoms with Gasteiger partial charge in [0.05, 0.1) is 0 Å². The molecule has 0 spiro atoms. The predicted octanol–water partition coefficient (Wildman–Crippen LogP) is 4.66.